The molecule has 0 radical (unpaired) electrons. The lowest BCUT2D eigenvalue weighted by molar-refractivity contribution is -0.384. The van der Waals surface area contributed by atoms with Gasteiger partial charge in [-0.1, -0.05) is 12.1 Å². The van der Waals surface area contributed by atoms with E-state index in [0.717, 1.165) is 43.4 Å². The molecular weight excluding hydrogens is 410 g/mol. The van der Waals surface area contributed by atoms with Crippen LogP contribution in [-0.2, 0) is 11.3 Å². The molecular formula is C23H27N5O4. The van der Waals surface area contributed by atoms with E-state index in [1.54, 1.807) is 12.1 Å². The Morgan fingerprint density at radius 2 is 2.00 bits per heavy atom. The van der Waals surface area contributed by atoms with Gasteiger partial charge in [0, 0.05) is 44.5 Å². The predicted octanol–water partition coefficient (Wildman–Crippen LogP) is 4.22. The monoisotopic (exact) mass is 437 g/mol. The molecule has 1 N–H and O–H groups in total. The van der Waals surface area contributed by atoms with E-state index in [9.17, 15) is 14.9 Å². The molecule has 0 spiro atoms. The van der Waals surface area contributed by atoms with Crippen LogP contribution in [0.1, 0.15) is 36.5 Å². The Balaban J connectivity index is 1.59. The number of carbonyl (C=O) groups is 1. The Morgan fingerprint density at radius 1 is 1.22 bits per heavy atom. The average Bonchev–Trinajstić information content (AvgIpc) is 3.44. The number of aromatic nitrogens is 2. The topological polar surface area (TPSA) is 103 Å². The summed E-state index contributed by atoms with van der Waals surface area (Å²) < 4.78 is 7.38. The third-order valence-electron chi connectivity index (χ3n) is 5.64. The highest BCUT2D eigenvalue weighted by molar-refractivity contribution is 6.05. The standard InChI is InChI=1S/C23H27N5O4/c1-2-32-15-7-14-27-19-9-4-3-8-18(19)24-23(27)25-22(29)17-10-11-20(21(16-17)28(30)31)26-12-5-6-13-26/h3-4,8-11,16H,2,5-7,12-15H2,1H3,(H,24,25,29). The molecule has 1 saturated heterocycles. The van der Waals surface area contributed by atoms with E-state index in [1.807, 2.05) is 40.7 Å². The van der Waals surface area contributed by atoms with Crippen LogP contribution in [-0.4, -0.2) is 46.7 Å². The molecule has 0 saturated carbocycles. The first-order valence-electron chi connectivity index (χ1n) is 11.0. The second kappa shape index (κ2) is 9.78. The summed E-state index contributed by atoms with van der Waals surface area (Å²) in [6.45, 7) is 5.42. The average molecular weight is 438 g/mol. The van der Waals surface area contributed by atoms with Gasteiger partial charge in [0.2, 0.25) is 5.95 Å². The van der Waals surface area contributed by atoms with Crippen molar-refractivity contribution >= 4 is 34.3 Å². The van der Waals surface area contributed by atoms with E-state index < -0.39 is 10.8 Å². The van der Waals surface area contributed by atoms with Crippen molar-refractivity contribution in [1.29, 1.82) is 0 Å². The van der Waals surface area contributed by atoms with Gasteiger partial charge in [-0.15, -0.1) is 0 Å². The zero-order valence-electron chi connectivity index (χ0n) is 18.1. The predicted molar refractivity (Wildman–Crippen MR) is 123 cm³/mol. The number of carbonyl (C=O) groups excluding carboxylic acids is 1. The lowest BCUT2D eigenvalue weighted by atomic mass is 10.1. The third-order valence-corrected chi connectivity index (χ3v) is 5.64. The Labute approximate surface area is 186 Å². The number of benzene rings is 2. The molecule has 0 atom stereocenters. The van der Waals surface area contributed by atoms with Gasteiger partial charge in [0.1, 0.15) is 5.69 Å². The minimum atomic E-state index is -0.428. The normalized spacial score (nSPS) is 13.6. The van der Waals surface area contributed by atoms with Gasteiger partial charge in [0.15, 0.2) is 0 Å². The van der Waals surface area contributed by atoms with Gasteiger partial charge in [-0.05, 0) is 50.5 Å². The maximum absolute atomic E-state index is 13.0. The first kappa shape index (κ1) is 21.8. The first-order valence-corrected chi connectivity index (χ1v) is 11.0. The number of nitrogens with zero attached hydrogens (tertiary/aromatic N) is 4. The molecule has 0 bridgehead atoms. The number of fused-ring (bicyclic) bond motifs is 1. The number of ether oxygens (including phenoxy) is 1. The van der Waals surface area contributed by atoms with Gasteiger partial charge in [-0.3, -0.25) is 20.2 Å². The van der Waals surface area contributed by atoms with E-state index in [0.29, 0.717) is 31.4 Å². The van der Waals surface area contributed by atoms with Gasteiger partial charge in [-0.25, -0.2) is 4.98 Å². The molecule has 1 aliphatic heterocycles. The van der Waals surface area contributed by atoms with Gasteiger partial charge in [0.05, 0.1) is 16.0 Å². The molecule has 0 unspecified atom stereocenters. The molecule has 32 heavy (non-hydrogen) atoms. The fourth-order valence-electron chi connectivity index (χ4n) is 4.08. The van der Waals surface area contributed by atoms with Gasteiger partial charge < -0.3 is 14.2 Å². The largest absolute Gasteiger partial charge is 0.382 e. The van der Waals surface area contributed by atoms with Crippen LogP contribution in [0.5, 0.6) is 0 Å². The summed E-state index contributed by atoms with van der Waals surface area (Å²) in [5.41, 5.74) is 2.42. The molecule has 2 heterocycles. The maximum atomic E-state index is 13.0. The van der Waals surface area contributed by atoms with Crippen molar-refractivity contribution in [1.82, 2.24) is 9.55 Å². The molecule has 2 aromatic carbocycles. The van der Waals surface area contributed by atoms with Crippen molar-refractivity contribution in [2.24, 2.45) is 0 Å². The van der Waals surface area contributed by atoms with Crippen LogP contribution >= 0.6 is 0 Å². The van der Waals surface area contributed by atoms with E-state index in [4.69, 9.17) is 4.74 Å². The van der Waals surface area contributed by atoms with Crippen molar-refractivity contribution in [3.05, 3.63) is 58.1 Å². The Bertz CT molecular complexity index is 1120. The van der Waals surface area contributed by atoms with Crippen LogP contribution < -0.4 is 10.2 Å². The lowest BCUT2D eigenvalue weighted by Gasteiger charge is -2.18. The quantitative estimate of drug-likeness (QED) is 0.305. The summed E-state index contributed by atoms with van der Waals surface area (Å²) >= 11 is 0. The summed E-state index contributed by atoms with van der Waals surface area (Å²) in [6, 6.07) is 12.3. The molecule has 1 fully saturated rings. The molecule has 9 nitrogen and oxygen atoms in total. The minimum absolute atomic E-state index is 0.0511. The van der Waals surface area contributed by atoms with Gasteiger partial charge in [0.25, 0.3) is 11.6 Å². The molecule has 0 aliphatic carbocycles. The summed E-state index contributed by atoms with van der Waals surface area (Å²) in [4.78, 5) is 30.8. The number of nitro benzene ring substituents is 1. The minimum Gasteiger partial charge on any atom is -0.382 e. The number of nitrogens with one attached hydrogen (secondary N) is 1. The Kier molecular flexibility index (Phi) is 6.65. The lowest BCUT2D eigenvalue weighted by Crippen LogP contribution is -2.20. The molecule has 4 rings (SSSR count). The number of para-hydroxylation sites is 2. The molecule has 9 heteroatoms. The first-order chi connectivity index (χ1) is 15.6. The van der Waals surface area contributed by atoms with Gasteiger partial charge in [-0.2, -0.15) is 0 Å². The summed E-state index contributed by atoms with van der Waals surface area (Å²) in [5, 5.41) is 14.5. The molecule has 168 valence electrons. The van der Waals surface area contributed by atoms with Crippen LogP contribution in [0.4, 0.5) is 17.3 Å². The van der Waals surface area contributed by atoms with Gasteiger partial charge >= 0.3 is 0 Å². The number of anilines is 2. The second-order valence-corrected chi connectivity index (χ2v) is 7.74. The zero-order chi connectivity index (χ0) is 22.5. The number of imidazole rings is 1. The number of amides is 1. The van der Waals surface area contributed by atoms with Crippen molar-refractivity contribution in [3.63, 3.8) is 0 Å². The summed E-state index contributed by atoms with van der Waals surface area (Å²) in [7, 11) is 0. The van der Waals surface area contributed by atoms with Crippen LogP contribution in [0.3, 0.4) is 0 Å². The van der Waals surface area contributed by atoms with E-state index in [1.165, 1.54) is 6.07 Å². The number of hydrogen-bond donors (Lipinski definition) is 1. The smallest absolute Gasteiger partial charge is 0.293 e. The number of nitro groups is 1. The fourth-order valence-corrected chi connectivity index (χ4v) is 4.08. The van der Waals surface area contributed by atoms with Crippen molar-refractivity contribution in [3.8, 4) is 0 Å². The molecule has 1 aromatic heterocycles. The molecule has 1 aliphatic rings. The van der Waals surface area contributed by atoms with Crippen molar-refractivity contribution < 1.29 is 14.5 Å². The highest BCUT2D eigenvalue weighted by Gasteiger charge is 2.24. The Hall–Kier alpha value is -3.46. The number of aryl methyl sites for hydroxylation is 1. The summed E-state index contributed by atoms with van der Waals surface area (Å²) in [5.74, 6) is -0.0126. The highest BCUT2D eigenvalue weighted by atomic mass is 16.6. The van der Waals surface area contributed by atoms with Crippen LogP contribution in [0.15, 0.2) is 42.5 Å². The van der Waals surface area contributed by atoms with Crippen molar-refractivity contribution in [2.45, 2.75) is 32.7 Å². The van der Waals surface area contributed by atoms with Crippen LogP contribution in [0.25, 0.3) is 11.0 Å². The SMILES string of the molecule is CCOCCCn1c(NC(=O)c2ccc(N3CCCC3)c([N+](=O)[O-])c2)nc2ccccc21. The Morgan fingerprint density at radius 3 is 2.75 bits per heavy atom. The van der Waals surface area contributed by atoms with Crippen LogP contribution in [0, 0.1) is 10.1 Å². The molecule has 1 amide bonds. The fraction of sp³-hybridized carbons (Fsp3) is 0.391. The third kappa shape index (κ3) is 4.57. The van der Waals surface area contributed by atoms with E-state index >= 15 is 0 Å². The zero-order valence-corrected chi connectivity index (χ0v) is 18.1. The van der Waals surface area contributed by atoms with E-state index in [-0.39, 0.29) is 11.3 Å². The van der Waals surface area contributed by atoms with Crippen LogP contribution in [0.2, 0.25) is 0 Å². The maximum Gasteiger partial charge on any atom is 0.293 e. The van der Waals surface area contributed by atoms with Crippen molar-refractivity contribution in [2.75, 3.05) is 36.5 Å². The summed E-state index contributed by atoms with van der Waals surface area (Å²) in [6.07, 6.45) is 2.80. The van der Waals surface area contributed by atoms with E-state index in [2.05, 4.69) is 10.3 Å². The second-order valence-electron chi connectivity index (χ2n) is 7.74. The highest BCUT2D eigenvalue weighted by Crippen LogP contribution is 2.32. The number of rotatable bonds is 9. The molecule has 3 aromatic rings. The number of hydrogen-bond acceptors (Lipinski definition) is 6.